The predicted molar refractivity (Wildman–Crippen MR) is 64.5 cm³/mol. The van der Waals surface area contributed by atoms with E-state index in [0.717, 1.165) is 25.7 Å². The van der Waals surface area contributed by atoms with E-state index in [2.05, 4.69) is 6.92 Å². The van der Waals surface area contributed by atoms with Gasteiger partial charge in [-0.05, 0) is 12.8 Å². The van der Waals surface area contributed by atoms with E-state index < -0.39 is 6.10 Å². The van der Waals surface area contributed by atoms with Gasteiger partial charge in [0, 0.05) is 0 Å². The molecule has 0 heterocycles. The third-order valence-electron chi connectivity index (χ3n) is 2.36. The first-order chi connectivity index (χ1) is 7.15. The van der Waals surface area contributed by atoms with Crippen molar-refractivity contribution in [2.45, 2.75) is 45.6 Å². The van der Waals surface area contributed by atoms with Gasteiger partial charge in [-0.15, -0.1) is 0 Å². The van der Waals surface area contributed by atoms with Gasteiger partial charge in [-0.1, -0.05) is 26.7 Å². The molecule has 2 N–H and O–H groups in total. The number of hydrogen-bond donors (Lipinski definition) is 2. The molecule has 0 saturated heterocycles. The molecular weight excluding hydrogens is 219 g/mol. The van der Waals surface area contributed by atoms with Crippen molar-refractivity contribution in [2.75, 3.05) is 13.2 Å². The Kier molecular flexibility index (Phi) is 13.9. The molecule has 0 aliphatic rings. The van der Waals surface area contributed by atoms with Crippen LogP contribution in [-0.2, 0) is 9.53 Å². The van der Waals surface area contributed by atoms with Crippen LogP contribution in [0.4, 0.5) is 0 Å². The molecule has 5 heteroatoms. The normalized spacial score (nSPS) is 13.8. The Hall–Kier alpha value is 0.390. The third-order valence-corrected chi connectivity index (χ3v) is 2.36. The molecule has 0 aromatic heterocycles. The van der Waals surface area contributed by atoms with Crippen LogP contribution < -0.4 is 0 Å². The summed E-state index contributed by atoms with van der Waals surface area (Å²) >= 11 is 0. The van der Waals surface area contributed by atoms with Gasteiger partial charge in [0.15, 0.2) is 0 Å². The van der Waals surface area contributed by atoms with Crippen LogP contribution in [-0.4, -0.2) is 65.1 Å². The van der Waals surface area contributed by atoms with Crippen molar-refractivity contribution < 1.29 is 19.7 Å². The summed E-state index contributed by atoms with van der Waals surface area (Å²) in [4.78, 5) is 11.5. The van der Waals surface area contributed by atoms with Gasteiger partial charge in [-0.25, -0.2) is 0 Å². The summed E-state index contributed by atoms with van der Waals surface area (Å²) < 4.78 is 4.90. The van der Waals surface area contributed by atoms with Gasteiger partial charge in [0.05, 0.1) is 12.5 Å². The van der Waals surface area contributed by atoms with Crippen molar-refractivity contribution in [2.24, 2.45) is 5.92 Å². The van der Waals surface area contributed by atoms with E-state index in [9.17, 15) is 4.79 Å². The fourth-order valence-electron chi connectivity index (χ4n) is 1.29. The first-order valence-corrected chi connectivity index (χ1v) is 5.61. The van der Waals surface area contributed by atoms with Gasteiger partial charge < -0.3 is 14.9 Å². The molecule has 0 aromatic rings. The summed E-state index contributed by atoms with van der Waals surface area (Å²) in [5.74, 6) is -0.339. The van der Waals surface area contributed by atoms with E-state index in [1.807, 2.05) is 6.92 Å². The second-order valence-corrected chi connectivity index (χ2v) is 3.71. The van der Waals surface area contributed by atoms with Crippen LogP contribution in [0.2, 0.25) is 0 Å². The molecule has 0 saturated carbocycles. The second kappa shape index (κ2) is 11.9. The van der Waals surface area contributed by atoms with Crippen molar-refractivity contribution in [3.8, 4) is 0 Å². The molecule has 2 unspecified atom stereocenters. The Balaban J connectivity index is 0. The average molecular weight is 242 g/mol. The summed E-state index contributed by atoms with van der Waals surface area (Å²) in [6.07, 6.45) is 2.70. The zero-order valence-electron chi connectivity index (χ0n) is 9.61. The Morgan fingerprint density at radius 1 is 1.38 bits per heavy atom. The summed E-state index contributed by atoms with van der Waals surface area (Å²) in [7, 11) is 0. The van der Waals surface area contributed by atoms with Crippen molar-refractivity contribution >= 4 is 35.5 Å². The number of esters is 1. The first kappa shape index (κ1) is 18.7. The van der Waals surface area contributed by atoms with Gasteiger partial charge in [-0.3, -0.25) is 4.79 Å². The minimum absolute atomic E-state index is 0. The molecule has 0 fully saturated rings. The Morgan fingerprint density at radius 3 is 2.44 bits per heavy atom. The monoisotopic (exact) mass is 242 g/mol. The van der Waals surface area contributed by atoms with Crippen molar-refractivity contribution in [1.29, 1.82) is 0 Å². The molecule has 0 aliphatic carbocycles. The quantitative estimate of drug-likeness (QED) is 0.479. The first-order valence-electron chi connectivity index (χ1n) is 5.61. The van der Waals surface area contributed by atoms with E-state index >= 15 is 0 Å². The standard InChI is InChI=1S/C11H22O4.Na.H/c1-3-5-6-9(4-2)11(14)15-8-10(13)7-12;;/h9-10,12-13H,3-8H2,1-2H3;;. The van der Waals surface area contributed by atoms with E-state index in [1.165, 1.54) is 0 Å². The molecule has 0 radical (unpaired) electrons. The van der Waals surface area contributed by atoms with E-state index in [-0.39, 0.29) is 54.7 Å². The maximum absolute atomic E-state index is 11.5. The molecule has 0 amide bonds. The zero-order valence-corrected chi connectivity index (χ0v) is 9.61. The number of aliphatic hydroxyl groups is 2. The molecule has 4 nitrogen and oxygen atoms in total. The van der Waals surface area contributed by atoms with Crippen LogP contribution in [0, 0.1) is 5.92 Å². The topological polar surface area (TPSA) is 66.8 Å². The minimum atomic E-state index is -0.961. The number of ether oxygens (including phenoxy) is 1. The SMILES string of the molecule is CCCCC(CC)C(=O)OCC(O)CO.[NaH]. The van der Waals surface area contributed by atoms with Crippen LogP contribution in [0.25, 0.3) is 0 Å². The summed E-state index contributed by atoms with van der Waals surface area (Å²) in [6.45, 7) is 3.54. The second-order valence-electron chi connectivity index (χ2n) is 3.71. The van der Waals surface area contributed by atoms with Gasteiger partial charge >= 0.3 is 35.5 Å². The van der Waals surface area contributed by atoms with Crippen LogP contribution >= 0.6 is 0 Å². The van der Waals surface area contributed by atoms with Gasteiger partial charge in [0.1, 0.15) is 12.7 Å². The summed E-state index contributed by atoms with van der Waals surface area (Å²) in [6, 6.07) is 0. The zero-order chi connectivity index (χ0) is 11.7. The third kappa shape index (κ3) is 8.53. The summed E-state index contributed by atoms with van der Waals surface area (Å²) in [5, 5.41) is 17.6. The maximum atomic E-state index is 11.5. The summed E-state index contributed by atoms with van der Waals surface area (Å²) in [5.41, 5.74) is 0. The fraction of sp³-hybridized carbons (Fsp3) is 0.909. The van der Waals surface area contributed by atoms with Crippen LogP contribution in [0.5, 0.6) is 0 Å². The Labute approximate surface area is 120 Å². The van der Waals surface area contributed by atoms with Crippen molar-refractivity contribution in [3.63, 3.8) is 0 Å². The molecule has 0 aromatic carbocycles. The van der Waals surface area contributed by atoms with E-state index in [0.29, 0.717) is 0 Å². The van der Waals surface area contributed by atoms with Gasteiger partial charge in [0.2, 0.25) is 0 Å². The van der Waals surface area contributed by atoms with Crippen molar-refractivity contribution in [3.05, 3.63) is 0 Å². The molecule has 0 aliphatic heterocycles. The number of rotatable bonds is 8. The average Bonchev–Trinajstić information content (AvgIpc) is 2.26. The van der Waals surface area contributed by atoms with Gasteiger partial charge in [0.25, 0.3) is 0 Å². The number of hydrogen-bond acceptors (Lipinski definition) is 4. The number of aliphatic hydroxyl groups excluding tert-OH is 2. The van der Waals surface area contributed by atoms with Crippen LogP contribution in [0.1, 0.15) is 39.5 Å². The molecular formula is C11H23NaO4. The van der Waals surface area contributed by atoms with Crippen LogP contribution in [0.15, 0.2) is 0 Å². The molecule has 0 bridgehead atoms. The molecule has 0 rings (SSSR count). The fourth-order valence-corrected chi connectivity index (χ4v) is 1.29. The van der Waals surface area contributed by atoms with E-state index in [4.69, 9.17) is 14.9 Å². The number of unbranched alkanes of at least 4 members (excludes halogenated alkanes) is 1. The number of carbonyl (C=O) groups is 1. The molecule has 2 atom stereocenters. The molecule has 0 spiro atoms. The van der Waals surface area contributed by atoms with Gasteiger partial charge in [-0.2, -0.15) is 0 Å². The van der Waals surface area contributed by atoms with Crippen molar-refractivity contribution in [1.82, 2.24) is 0 Å². The molecule has 16 heavy (non-hydrogen) atoms. The number of carbonyl (C=O) groups excluding carboxylic acids is 1. The van der Waals surface area contributed by atoms with E-state index in [1.54, 1.807) is 0 Å². The molecule has 92 valence electrons. The predicted octanol–water partition coefficient (Wildman–Crippen LogP) is 0.451. The Bertz CT molecular complexity index is 175. The Morgan fingerprint density at radius 2 is 2.00 bits per heavy atom. The van der Waals surface area contributed by atoms with Crippen LogP contribution in [0.3, 0.4) is 0 Å².